The monoisotopic (exact) mass is 653 g/mol. The molecule has 3 heteroatoms. The molecule has 0 saturated heterocycles. The molecule has 0 aliphatic carbocycles. The fourth-order valence-electron chi connectivity index (χ4n) is 7.43. The van der Waals surface area contributed by atoms with Crippen molar-refractivity contribution >= 4 is 60.9 Å². The zero-order valence-corrected chi connectivity index (χ0v) is 27.7. The Balaban J connectivity index is 1.08. The van der Waals surface area contributed by atoms with Gasteiger partial charge in [0, 0.05) is 33.2 Å². The lowest BCUT2D eigenvalue weighted by molar-refractivity contribution is 0.663. The highest BCUT2D eigenvalue weighted by atomic mass is 16.3. The van der Waals surface area contributed by atoms with Gasteiger partial charge in [0.2, 0.25) is 0 Å². The summed E-state index contributed by atoms with van der Waals surface area (Å²) in [5, 5.41) is 4.28. The average Bonchev–Trinajstić information content (AvgIpc) is 3.78. The Morgan fingerprint density at radius 3 is 1.39 bits per heavy atom. The van der Waals surface area contributed by atoms with Gasteiger partial charge in [-0.15, -0.1) is 0 Å². The van der Waals surface area contributed by atoms with E-state index in [2.05, 4.69) is 175 Å². The lowest BCUT2D eigenvalue weighted by atomic mass is 9.98. The van der Waals surface area contributed by atoms with Crippen LogP contribution in [-0.2, 0) is 0 Å². The maximum absolute atomic E-state index is 6.48. The first-order chi connectivity index (χ1) is 25.3. The van der Waals surface area contributed by atoms with E-state index in [0.717, 1.165) is 72.1 Å². The Morgan fingerprint density at radius 2 is 0.784 bits per heavy atom. The van der Waals surface area contributed by atoms with Gasteiger partial charge in [0.15, 0.2) is 0 Å². The molecule has 0 spiro atoms. The lowest BCUT2D eigenvalue weighted by Gasteiger charge is -2.26. The number of para-hydroxylation sites is 1. The molecule has 2 aromatic heterocycles. The van der Waals surface area contributed by atoms with E-state index in [1.54, 1.807) is 0 Å². The topological polar surface area (TPSA) is 29.5 Å². The first-order valence-corrected chi connectivity index (χ1v) is 17.3. The van der Waals surface area contributed by atoms with Crippen LogP contribution in [0.1, 0.15) is 0 Å². The SMILES string of the molecule is c1ccc(-c2ccc(N(c3ccc(-c4ccccc4)cc3)c3ccc(-c4cccc5oc6ccc7c8ccccc8oc7c6c45)cc3)cc2)cc1. The molecular weight excluding hydrogens is 623 g/mol. The van der Waals surface area contributed by atoms with Gasteiger partial charge in [-0.05, 0) is 94.0 Å². The average molecular weight is 654 g/mol. The maximum atomic E-state index is 6.48. The fraction of sp³-hybridized carbons (Fsp3) is 0. The smallest absolute Gasteiger partial charge is 0.147 e. The van der Waals surface area contributed by atoms with Gasteiger partial charge in [0.1, 0.15) is 22.3 Å². The van der Waals surface area contributed by atoms with E-state index < -0.39 is 0 Å². The van der Waals surface area contributed by atoms with E-state index in [1.807, 2.05) is 18.2 Å². The summed E-state index contributed by atoms with van der Waals surface area (Å²) in [5.74, 6) is 0. The van der Waals surface area contributed by atoms with E-state index >= 15 is 0 Å². The summed E-state index contributed by atoms with van der Waals surface area (Å²) >= 11 is 0. The minimum absolute atomic E-state index is 0.824. The molecule has 51 heavy (non-hydrogen) atoms. The molecule has 3 nitrogen and oxygen atoms in total. The highest BCUT2D eigenvalue weighted by Crippen LogP contribution is 2.44. The summed E-state index contributed by atoms with van der Waals surface area (Å²) in [4.78, 5) is 2.32. The lowest BCUT2D eigenvalue weighted by Crippen LogP contribution is -2.09. The molecule has 0 bridgehead atoms. The molecule has 0 atom stereocenters. The van der Waals surface area contributed by atoms with Crippen molar-refractivity contribution in [1.29, 1.82) is 0 Å². The van der Waals surface area contributed by atoms with Gasteiger partial charge in [-0.3, -0.25) is 0 Å². The van der Waals surface area contributed by atoms with Crippen molar-refractivity contribution in [2.24, 2.45) is 0 Å². The molecule has 0 saturated carbocycles. The molecule has 0 aliphatic heterocycles. The summed E-state index contributed by atoms with van der Waals surface area (Å²) in [6.45, 7) is 0. The largest absolute Gasteiger partial charge is 0.456 e. The van der Waals surface area contributed by atoms with Gasteiger partial charge >= 0.3 is 0 Å². The van der Waals surface area contributed by atoms with Crippen LogP contribution in [0.15, 0.2) is 197 Å². The van der Waals surface area contributed by atoms with Crippen molar-refractivity contribution in [3.05, 3.63) is 188 Å². The molecule has 0 radical (unpaired) electrons. The predicted molar refractivity (Wildman–Crippen MR) is 212 cm³/mol. The molecule has 0 amide bonds. The Morgan fingerprint density at radius 1 is 0.294 bits per heavy atom. The minimum atomic E-state index is 0.824. The molecule has 8 aromatic carbocycles. The molecule has 0 fully saturated rings. The third-order valence-corrected chi connectivity index (χ3v) is 9.91. The zero-order chi connectivity index (χ0) is 33.7. The highest BCUT2D eigenvalue weighted by Gasteiger charge is 2.20. The van der Waals surface area contributed by atoms with Crippen LogP contribution in [0.2, 0.25) is 0 Å². The molecule has 10 rings (SSSR count). The van der Waals surface area contributed by atoms with E-state index in [-0.39, 0.29) is 0 Å². The number of nitrogens with zero attached hydrogens (tertiary/aromatic N) is 1. The Bertz CT molecular complexity index is 2730. The van der Waals surface area contributed by atoms with Crippen LogP contribution in [-0.4, -0.2) is 0 Å². The maximum Gasteiger partial charge on any atom is 0.147 e. The minimum Gasteiger partial charge on any atom is -0.456 e. The van der Waals surface area contributed by atoms with E-state index in [0.29, 0.717) is 0 Å². The third-order valence-electron chi connectivity index (χ3n) is 9.91. The van der Waals surface area contributed by atoms with Crippen LogP contribution in [0, 0.1) is 0 Å². The van der Waals surface area contributed by atoms with Gasteiger partial charge in [0.05, 0.1) is 5.39 Å². The second kappa shape index (κ2) is 11.9. The normalized spacial score (nSPS) is 11.5. The van der Waals surface area contributed by atoms with Crippen molar-refractivity contribution in [1.82, 2.24) is 0 Å². The van der Waals surface area contributed by atoms with Crippen molar-refractivity contribution in [2.45, 2.75) is 0 Å². The number of hydrogen-bond acceptors (Lipinski definition) is 3. The number of fused-ring (bicyclic) bond motifs is 7. The van der Waals surface area contributed by atoms with Gasteiger partial charge in [-0.25, -0.2) is 0 Å². The van der Waals surface area contributed by atoms with Gasteiger partial charge in [-0.2, -0.15) is 0 Å². The summed E-state index contributed by atoms with van der Waals surface area (Å²) in [6.07, 6.45) is 0. The van der Waals surface area contributed by atoms with Crippen molar-refractivity contribution in [3.8, 4) is 33.4 Å². The fourth-order valence-corrected chi connectivity index (χ4v) is 7.43. The summed E-state index contributed by atoms with van der Waals surface area (Å²) in [6, 6.07) is 66.2. The molecular formula is C48H31NO2. The van der Waals surface area contributed by atoms with Crippen LogP contribution in [0.4, 0.5) is 17.1 Å². The van der Waals surface area contributed by atoms with Crippen LogP contribution in [0.3, 0.4) is 0 Å². The van der Waals surface area contributed by atoms with E-state index in [9.17, 15) is 0 Å². The first-order valence-electron chi connectivity index (χ1n) is 17.3. The number of furan rings is 2. The molecule has 2 heterocycles. The Hall–Kier alpha value is -6.84. The van der Waals surface area contributed by atoms with Crippen molar-refractivity contribution in [3.63, 3.8) is 0 Å². The second-order valence-corrected chi connectivity index (χ2v) is 12.9. The Labute approximate surface area is 295 Å². The van der Waals surface area contributed by atoms with Crippen LogP contribution in [0.25, 0.3) is 77.3 Å². The van der Waals surface area contributed by atoms with Gasteiger partial charge < -0.3 is 13.7 Å². The van der Waals surface area contributed by atoms with Crippen molar-refractivity contribution in [2.75, 3.05) is 4.90 Å². The van der Waals surface area contributed by atoms with Crippen LogP contribution < -0.4 is 4.90 Å². The zero-order valence-electron chi connectivity index (χ0n) is 27.7. The quantitative estimate of drug-likeness (QED) is 0.179. The van der Waals surface area contributed by atoms with E-state index in [1.165, 1.54) is 22.3 Å². The number of anilines is 3. The Kier molecular flexibility index (Phi) is 6.81. The molecule has 0 unspecified atom stereocenters. The summed E-state index contributed by atoms with van der Waals surface area (Å²) in [5.41, 5.74) is 13.7. The summed E-state index contributed by atoms with van der Waals surface area (Å²) in [7, 11) is 0. The molecule has 0 N–H and O–H groups in total. The van der Waals surface area contributed by atoms with Crippen molar-refractivity contribution < 1.29 is 8.83 Å². The molecule has 0 aliphatic rings. The number of hydrogen-bond donors (Lipinski definition) is 0. The first kappa shape index (κ1) is 29.1. The van der Waals surface area contributed by atoms with Crippen LogP contribution in [0.5, 0.6) is 0 Å². The predicted octanol–water partition coefficient (Wildman–Crippen LogP) is 14.0. The molecule has 240 valence electrons. The summed E-state index contributed by atoms with van der Waals surface area (Å²) < 4.78 is 12.9. The van der Waals surface area contributed by atoms with E-state index in [4.69, 9.17) is 8.83 Å². The second-order valence-electron chi connectivity index (χ2n) is 12.9. The van der Waals surface area contributed by atoms with Gasteiger partial charge in [-0.1, -0.05) is 127 Å². The highest BCUT2D eigenvalue weighted by molar-refractivity contribution is 6.24. The van der Waals surface area contributed by atoms with Gasteiger partial charge in [0.25, 0.3) is 0 Å². The number of rotatable bonds is 6. The molecule has 10 aromatic rings. The number of benzene rings is 8. The standard InChI is InChI=1S/C48H31NO2/c1-3-10-32(11-4-1)34-18-24-37(25-19-34)49(38-26-20-35(21-27-38)33-12-5-2-6-13-33)39-28-22-36(23-29-39)40-15-9-17-44-46(40)47-45(50-44)31-30-42-41-14-7-8-16-43(41)51-48(42)47/h1-31H. The third kappa shape index (κ3) is 4.98. The van der Waals surface area contributed by atoms with Crippen LogP contribution >= 0.6 is 0 Å².